The van der Waals surface area contributed by atoms with Crippen LogP contribution < -0.4 is 0 Å². The topological polar surface area (TPSA) is 39.9 Å². The van der Waals surface area contributed by atoms with E-state index in [0.717, 1.165) is 16.5 Å². The minimum absolute atomic E-state index is 0.0163. The summed E-state index contributed by atoms with van der Waals surface area (Å²) < 4.78 is 25.8. The molecule has 2 rings (SSSR count). The van der Waals surface area contributed by atoms with Crippen LogP contribution in [0.5, 0.6) is 0 Å². The van der Waals surface area contributed by atoms with Gasteiger partial charge in [0.1, 0.15) is 0 Å². The number of hydrogen-bond donors (Lipinski definition) is 0. The van der Waals surface area contributed by atoms with Gasteiger partial charge < -0.3 is 0 Å². The highest BCUT2D eigenvalue weighted by molar-refractivity contribution is 9.10. The van der Waals surface area contributed by atoms with Gasteiger partial charge in [0.15, 0.2) is 0 Å². The van der Waals surface area contributed by atoms with Crippen molar-refractivity contribution in [2.45, 2.75) is 37.1 Å². The number of pyridine rings is 1. The summed E-state index contributed by atoms with van der Waals surface area (Å²) in [5.41, 5.74) is 0.250. The molecular weight excluding hydrogens is 328 g/mol. The highest BCUT2D eigenvalue weighted by atomic mass is 79.9. The molecule has 20 heavy (non-hydrogen) atoms. The third-order valence-electron chi connectivity index (χ3n) is 4.01. The Morgan fingerprint density at radius 2 is 2.35 bits per heavy atom. The standard InChI is InChI=1S/C14H16BrF2N3/c1-20(8-13(16)17)12-2-3-14(5-12,9-18)10-4-11(15)7-19-6-10/h4,6-7,12-13H,2-3,5,8H2,1H3. The molecule has 0 aromatic carbocycles. The van der Waals surface area contributed by atoms with Crippen molar-refractivity contribution < 1.29 is 8.78 Å². The van der Waals surface area contributed by atoms with E-state index < -0.39 is 11.8 Å². The predicted octanol–water partition coefficient (Wildman–Crippen LogP) is 3.35. The second-order valence-electron chi connectivity index (χ2n) is 5.31. The molecule has 0 bridgehead atoms. The zero-order valence-corrected chi connectivity index (χ0v) is 12.8. The van der Waals surface area contributed by atoms with Crippen molar-refractivity contribution in [3.8, 4) is 6.07 Å². The lowest BCUT2D eigenvalue weighted by atomic mass is 9.81. The summed E-state index contributed by atoms with van der Waals surface area (Å²) in [6, 6.07) is 4.29. The maximum absolute atomic E-state index is 12.5. The molecular formula is C14H16BrF2N3. The van der Waals surface area contributed by atoms with Crippen LogP contribution in [0.15, 0.2) is 22.9 Å². The van der Waals surface area contributed by atoms with Crippen molar-refractivity contribution in [3.05, 3.63) is 28.5 Å². The number of nitriles is 1. The summed E-state index contributed by atoms with van der Waals surface area (Å²) in [7, 11) is 1.70. The lowest BCUT2D eigenvalue weighted by Crippen LogP contribution is -2.35. The van der Waals surface area contributed by atoms with Gasteiger partial charge in [0.05, 0.1) is 18.0 Å². The van der Waals surface area contributed by atoms with E-state index in [1.165, 1.54) is 0 Å². The lowest BCUT2D eigenvalue weighted by molar-refractivity contribution is 0.0810. The maximum Gasteiger partial charge on any atom is 0.251 e. The molecule has 2 unspecified atom stereocenters. The molecule has 1 aliphatic rings. The molecule has 1 fully saturated rings. The zero-order chi connectivity index (χ0) is 14.8. The van der Waals surface area contributed by atoms with Gasteiger partial charge in [-0.25, -0.2) is 8.78 Å². The molecule has 2 atom stereocenters. The minimum atomic E-state index is -2.34. The Bertz CT molecular complexity index is 517. The second kappa shape index (κ2) is 6.15. The number of alkyl halides is 2. The summed E-state index contributed by atoms with van der Waals surface area (Å²) >= 11 is 3.36. The molecule has 3 nitrogen and oxygen atoms in total. The SMILES string of the molecule is CN(CC(F)F)C1CCC(C#N)(c2cncc(Br)c2)C1. The zero-order valence-electron chi connectivity index (χ0n) is 11.2. The van der Waals surface area contributed by atoms with Crippen molar-refractivity contribution >= 4 is 15.9 Å². The number of nitrogens with zero attached hydrogens (tertiary/aromatic N) is 3. The normalized spacial score (nSPS) is 26.1. The third-order valence-corrected chi connectivity index (χ3v) is 4.44. The molecule has 0 aliphatic heterocycles. The van der Waals surface area contributed by atoms with E-state index in [4.69, 9.17) is 0 Å². The van der Waals surface area contributed by atoms with Gasteiger partial charge in [-0.15, -0.1) is 0 Å². The number of aromatic nitrogens is 1. The molecule has 1 aromatic rings. The molecule has 1 aromatic heterocycles. The third kappa shape index (κ3) is 3.15. The first-order chi connectivity index (χ1) is 9.47. The van der Waals surface area contributed by atoms with Gasteiger partial charge >= 0.3 is 0 Å². The van der Waals surface area contributed by atoms with Crippen LogP contribution in [0.1, 0.15) is 24.8 Å². The molecule has 1 saturated carbocycles. The van der Waals surface area contributed by atoms with Crippen LogP contribution in [-0.2, 0) is 5.41 Å². The van der Waals surface area contributed by atoms with Gasteiger partial charge in [0, 0.05) is 22.9 Å². The van der Waals surface area contributed by atoms with Crippen LogP contribution in [0.2, 0.25) is 0 Å². The van der Waals surface area contributed by atoms with Gasteiger partial charge in [-0.3, -0.25) is 9.88 Å². The first kappa shape index (κ1) is 15.3. The summed E-state index contributed by atoms with van der Waals surface area (Å²) in [5, 5.41) is 9.58. The van der Waals surface area contributed by atoms with E-state index in [-0.39, 0.29) is 12.6 Å². The van der Waals surface area contributed by atoms with Crippen LogP contribution in [0.25, 0.3) is 0 Å². The second-order valence-corrected chi connectivity index (χ2v) is 6.23. The van der Waals surface area contributed by atoms with Crippen LogP contribution in [0.4, 0.5) is 8.78 Å². The molecule has 6 heteroatoms. The fourth-order valence-corrected chi connectivity index (χ4v) is 3.23. The Morgan fingerprint density at radius 1 is 1.60 bits per heavy atom. The van der Waals surface area contributed by atoms with Crippen molar-refractivity contribution in [2.24, 2.45) is 0 Å². The summed E-state index contributed by atoms with van der Waals surface area (Å²) in [5.74, 6) is 0. The summed E-state index contributed by atoms with van der Waals surface area (Å²) in [6.45, 7) is -0.247. The molecule has 0 amide bonds. The van der Waals surface area contributed by atoms with Crippen LogP contribution in [0.3, 0.4) is 0 Å². The highest BCUT2D eigenvalue weighted by Crippen LogP contribution is 2.42. The van der Waals surface area contributed by atoms with Crippen molar-refractivity contribution in [1.29, 1.82) is 5.26 Å². The Balaban J connectivity index is 2.17. The smallest absolute Gasteiger partial charge is 0.251 e. The number of halogens is 3. The molecule has 0 N–H and O–H groups in total. The molecule has 1 aliphatic carbocycles. The monoisotopic (exact) mass is 343 g/mol. The average molecular weight is 344 g/mol. The molecule has 0 saturated heterocycles. The first-order valence-corrected chi connectivity index (χ1v) is 7.27. The minimum Gasteiger partial charge on any atom is -0.298 e. The molecule has 1 heterocycles. The summed E-state index contributed by atoms with van der Waals surface area (Å²) in [4.78, 5) is 5.77. The Hall–Kier alpha value is -1.06. The van der Waals surface area contributed by atoms with Gasteiger partial charge in [0.25, 0.3) is 6.43 Å². The fourth-order valence-electron chi connectivity index (χ4n) is 2.86. The highest BCUT2D eigenvalue weighted by Gasteiger charge is 2.42. The van der Waals surface area contributed by atoms with Crippen LogP contribution in [-0.4, -0.2) is 35.9 Å². The Kier molecular flexibility index (Phi) is 4.71. The molecule has 0 spiro atoms. The Labute approximate surface area is 125 Å². The Morgan fingerprint density at radius 3 is 2.95 bits per heavy atom. The van der Waals surface area contributed by atoms with Crippen LogP contribution in [0, 0.1) is 11.3 Å². The van der Waals surface area contributed by atoms with E-state index >= 15 is 0 Å². The van der Waals surface area contributed by atoms with E-state index in [1.54, 1.807) is 24.3 Å². The van der Waals surface area contributed by atoms with Gasteiger partial charge in [0.2, 0.25) is 0 Å². The summed E-state index contributed by atoms with van der Waals surface area (Å²) in [6.07, 6.45) is 3.03. The average Bonchev–Trinajstić information content (AvgIpc) is 2.84. The maximum atomic E-state index is 12.5. The fraction of sp³-hybridized carbons (Fsp3) is 0.571. The van der Waals surface area contributed by atoms with E-state index in [0.29, 0.717) is 12.8 Å². The number of hydrogen-bond acceptors (Lipinski definition) is 3. The van der Waals surface area contributed by atoms with E-state index in [2.05, 4.69) is 27.0 Å². The predicted molar refractivity (Wildman–Crippen MR) is 75.5 cm³/mol. The van der Waals surface area contributed by atoms with Crippen molar-refractivity contribution in [2.75, 3.05) is 13.6 Å². The first-order valence-electron chi connectivity index (χ1n) is 6.47. The van der Waals surface area contributed by atoms with E-state index in [9.17, 15) is 14.0 Å². The van der Waals surface area contributed by atoms with Gasteiger partial charge in [-0.1, -0.05) is 0 Å². The van der Waals surface area contributed by atoms with Crippen molar-refractivity contribution in [1.82, 2.24) is 9.88 Å². The quantitative estimate of drug-likeness (QED) is 0.841. The van der Waals surface area contributed by atoms with Gasteiger partial charge in [-0.05, 0) is 53.9 Å². The van der Waals surface area contributed by atoms with E-state index in [1.807, 2.05) is 6.07 Å². The largest absolute Gasteiger partial charge is 0.298 e. The number of rotatable bonds is 4. The van der Waals surface area contributed by atoms with Gasteiger partial charge in [-0.2, -0.15) is 5.26 Å². The molecule has 0 radical (unpaired) electrons. The lowest BCUT2D eigenvalue weighted by Gasteiger charge is -2.26. The van der Waals surface area contributed by atoms with Crippen molar-refractivity contribution in [3.63, 3.8) is 0 Å². The van der Waals surface area contributed by atoms with Crippen LogP contribution >= 0.6 is 15.9 Å². The molecule has 108 valence electrons.